The van der Waals surface area contributed by atoms with Crippen molar-refractivity contribution in [1.29, 1.82) is 0 Å². The summed E-state index contributed by atoms with van der Waals surface area (Å²) in [6.07, 6.45) is 3.54. The van der Waals surface area contributed by atoms with Gasteiger partial charge in [-0.05, 0) is 13.8 Å². The zero-order chi connectivity index (χ0) is 15.2. The van der Waals surface area contributed by atoms with E-state index in [0.717, 1.165) is 5.82 Å². The fraction of sp³-hybridized carbons (Fsp3) is 0.462. The molecule has 3 heterocycles. The summed E-state index contributed by atoms with van der Waals surface area (Å²) >= 11 is 0. The summed E-state index contributed by atoms with van der Waals surface area (Å²) in [6.45, 7) is 4.81. The Balaban J connectivity index is 2.03. The van der Waals surface area contributed by atoms with E-state index in [1.165, 1.54) is 4.31 Å². The minimum Gasteiger partial charge on any atom is -0.465 e. The van der Waals surface area contributed by atoms with Gasteiger partial charge in [-0.3, -0.25) is 0 Å². The summed E-state index contributed by atoms with van der Waals surface area (Å²) in [7, 11) is -3.63. The van der Waals surface area contributed by atoms with Crippen molar-refractivity contribution in [2.45, 2.75) is 38.4 Å². The molecule has 0 saturated heterocycles. The third-order valence-corrected chi connectivity index (χ3v) is 5.88. The maximum atomic E-state index is 12.9. The number of sulfonamides is 1. The van der Waals surface area contributed by atoms with Gasteiger partial charge in [-0.15, -0.1) is 0 Å². The smallest absolute Gasteiger partial charge is 0.247 e. The second-order valence-corrected chi connectivity index (χ2v) is 6.98. The van der Waals surface area contributed by atoms with Crippen LogP contribution in [0.2, 0.25) is 0 Å². The van der Waals surface area contributed by atoms with Gasteiger partial charge < -0.3 is 14.7 Å². The summed E-state index contributed by atoms with van der Waals surface area (Å²) in [4.78, 5) is 4.40. The highest BCUT2D eigenvalue weighted by atomic mass is 32.2. The lowest BCUT2D eigenvalue weighted by Crippen LogP contribution is -2.38. The Hall–Kier alpha value is -1.64. The van der Waals surface area contributed by atoms with Gasteiger partial charge in [0.2, 0.25) is 10.0 Å². The van der Waals surface area contributed by atoms with Crippen LogP contribution in [0.5, 0.6) is 0 Å². The van der Waals surface area contributed by atoms with Crippen molar-refractivity contribution in [2.24, 2.45) is 5.73 Å². The molecule has 2 aromatic heterocycles. The van der Waals surface area contributed by atoms with E-state index >= 15 is 0 Å². The molecule has 2 aromatic rings. The van der Waals surface area contributed by atoms with E-state index in [9.17, 15) is 8.42 Å². The minimum atomic E-state index is -3.63. The molecule has 0 amide bonds. The average molecular weight is 310 g/mol. The van der Waals surface area contributed by atoms with E-state index in [4.69, 9.17) is 10.2 Å². The van der Waals surface area contributed by atoms with Crippen molar-refractivity contribution in [3.8, 4) is 0 Å². The Bertz CT molecular complexity index is 775. The topological polar surface area (TPSA) is 94.4 Å². The van der Waals surface area contributed by atoms with Crippen LogP contribution in [0.1, 0.15) is 22.9 Å². The zero-order valence-corrected chi connectivity index (χ0v) is 12.9. The maximum absolute atomic E-state index is 12.9. The fourth-order valence-corrected chi connectivity index (χ4v) is 4.58. The van der Waals surface area contributed by atoms with Crippen LogP contribution in [0, 0.1) is 13.8 Å². The highest BCUT2D eigenvalue weighted by Crippen LogP contribution is 2.30. The highest BCUT2D eigenvalue weighted by molar-refractivity contribution is 7.89. The summed E-state index contributed by atoms with van der Waals surface area (Å²) in [5, 5.41) is 0. The number of hydrogen-bond donors (Lipinski definition) is 1. The molecule has 21 heavy (non-hydrogen) atoms. The first-order valence-corrected chi connectivity index (χ1v) is 8.18. The molecule has 0 fully saturated rings. The molecule has 0 radical (unpaired) electrons. The van der Waals surface area contributed by atoms with Crippen molar-refractivity contribution in [3.63, 3.8) is 0 Å². The van der Waals surface area contributed by atoms with Gasteiger partial charge in [0.25, 0.3) is 0 Å². The number of furan rings is 1. The number of aromatic nitrogens is 2. The van der Waals surface area contributed by atoms with Gasteiger partial charge >= 0.3 is 0 Å². The first-order valence-electron chi connectivity index (χ1n) is 6.74. The zero-order valence-electron chi connectivity index (χ0n) is 12.0. The fourth-order valence-electron chi connectivity index (χ4n) is 2.77. The lowest BCUT2D eigenvalue weighted by molar-refractivity contribution is 0.334. The Morgan fingerprint density at radius 1 is 1.33 bits per heavy atom. The average Bonchev–Trinajstić information content (AvgIpc) is 3.01. The third kappa shape index (κ3) is 2.19. The Morgan fingerprint density at radius 3 is 2.81 bits per heavy atom. The molecule has 1 aliphatic rings. The van der Waals surface area contributed by atoms with Gasteiger partial charge in [-0.2, -0.15) is 4.31 Å². The maximum Gasteiger partial charge on any atom is 0.247 e. The lowest BCUT2D eigenvalue weighted by Gasteiger charge is -2.27. The second kappa shape index (κ2) is 4.97. The molecule has 0 spiro atoms. The van der Waals surface area contributed by atoms with E-state index in [1.54, 1.807) is 20.0 Å². The van der Waals surface area contributed by atoms with E-state index in [-0.39, 0.29) is 18.0 Å². The van der Waals surface area contributed by atoms with Crippen LogP contribution < -0.4 is 5.73 Å². The SMILES string of the molecule is Cc1oc(C)c(S(=O)(=O)N2CCn3ccnc3C2)c1CN. The van der Waals surface area contributed by atoms with Crippen molar-refractivity contribution >= 4 is 10.0 Å². The Labute approximate surface area is 123 Å². The number of hydrogen-bond acceptors (Lipinski definition) is 5. The molecular formula is C13H18N4O3S. The molecule has 0 atom stereocenters. The number of fused-ring (bicyclic) bond motifs is 1. The van der Waals surface area contributed by atoms with Gasteiger partial charge in [-0.1, -0.05) is 0 Å². The Morgan fingerprint density at radius 2 is 2.10 bits per heavy atom. The predicted octanol–water partition coefficient (Wildman–Crippen LogP) is 0.756. The van der Waals surface area contributed by atoms with E-state index in [0.29, 0.717) is 30.2 Å². The Kier molecular flexibility index (Phi) is 3.39. The van der Waals surface area contributed by atoms with Crippen LogP contribution in [0.15, 0.2) is 21.7 Å². The predicted molar refractivity (Wildman–Crippen MR) is 75.9 cm³/mol. The molecule has 0 bridgehead atoms. The van der Waals surface area contributed by atoms with Gasteiger partial charge in [0.15, 0.2) is 0 Å². The number of nitrogens with two attached hydrogens (primary N) is 1. The van der Waals surface area contributed by atoms with Gasteiger partial charge in [-0.25, -0.2) is 13.4 Å². The molecular weight excluding hydrogens is 292 g/mol. The third-order valence-electron chi connectivity index (χ3n) is 3.84. The van der Waals surface area contributed by atoms with E-state index in [1.807, 2.05) is 10.8 Å². The molecule has 2 N–H and O–H groups in total. The van der Waals surface area contributed by atoms with Crippen molar-refractivity contribution in [2.75, 3.05) is 6.54 Å². The molecule has 8 heteroatoms. The van der Waals surface area contributed by atoms with Crippen LogP contribution >= 0.6 is 0 Å². The van der Waals surface area contributed by atoms with Crippen LogP contribution in [-0.2, 0) is 29.7 Å². The summed E-state index contributed by atoms with van der Waals surface area (Å²) in [5.41, 5.74) is 6.25. The summed E-state index contributed by atoms with van der Waals surface area (Å²) < 4.78 is 34.7. The van der Waals surface area contributed by atoms with Crippen LogP contribution in [0.4, 0.5) is 0 Å². The van der Waals surface area contributed by atoms with Crippen molar-refractivity contribution in [3.05, 3.63) is 35.3 Å². The molecule has 0 aromatic carbocycles. The highest BCUT2D eigenvalue weighted by Gasteiger charge is 2.34. The number of nitrogens with zero attached hydrogens (tertiary/aromatic N) is 3. The molecule has 7 nitrogen and oxygen atoms in total. The second-order valence-electron chi connectivity index (χ2n) is 5.10. The molecule has 0 unspecified atom stereocenters. The molecule has 1 aliphatic heterocycles. The van der Waals surface area contributed by atoms with Gasteiger partial charge in [0, 0.05) is 37.6 Å². The van der Waals surface area contributed by atoms with Gasteiger partial charge in [0.05, 0.1) is 6.54 Å². The lowest BCUT2D eigenvalue weighted by atomic mass is 10.2. The molecule has 3 rings (SSSR count). The largest absolute Gasteiger partial charge is 0.465 e. The number of rotatable bonds is 3. The van der Waals surface area contributed by atoms with Crippen LogP contribution in [0.3, 0.4) is 0 Å². The van der Waals surface area contributed by atoms with Crippen molar-refractivity contribution < 1.29 is 12.8 Å². The van der Waals surface area contributed by atoms with E-state index < -0.39 is 10.0 Å². The quantitative estimate of drug-likeness (QED) is 0.903. The van der Waals surface area contributed by atoms with E-state index in [2.05, 4.69) is 4.98 Å². The summed E-state index contributed by atoms with van der Waals surface area (Å²) in [6, 6.07) is 0. The van der Waals surface area contributed by atoms with Crippen molar-refractivity contribution in [1.82, 2.24) is 13.9 Å². The molecule has 0 saturated carbocycles. The standard InChI is InChI=1S/C13H18N4O3S/c1-9-11(7-14)13(10(2)20-9)21(18,19)17-6-5-16-4-3-15-12(16)8-17/h3-4H,5-8,14H2,1-2H3. The summed E-state index contributed by atoms with van der Waals surface area (Å²) in [5.74, 6) is 1.70. The number of aryl methyl sites for hydroxylation is 2. The monoisotopic (exact) mass is 310 g/mol. The molecule has 114 valence electrons. The van der Waals surface area contributed by atoms with Gasteiger partial charge in [0.1, 0.15) is 22.2 Å². The molecule has 0 aliphatic carbocycles. The normalized spacial score (nSPS) is 16.1. The van der Waals surface area contributed by atoms with Crippen LogP contribution in [0.25, 0.3) is 0 Å². The van der Waals surface area contributed by atoms with Crippen LogP contribution in [-0.4, -0.2) is 28.8 Å². The number of imidazole rings is 1. The minimum absolute atomic E-state index is 0.139. The first kappa shape index (κ1) is 14.3. The first-order chi connectivity index (χ1) is 9.95.